The SMILES string of the molecule is Cc1ccc(-c2ccc3c(N)c(C(=O)n4c5ccccc5c5ccccc54)sc3n2)cc1. The molecule has 4 nitrogen and oxygen atoms in total. The van der Waals surface area contributed by atoms with Gasteiger partial charge in [0.25, 0.3) is 5.91 Å². The van der Waals surface area contributed by atoms with Gasteiger partial charge in [-0.3, -0.25) is 9.36 Å². The maximum absolute atomic E-state index is 13.8. The topological polar surface area (TPSA) is 60.9 Å². The number of aromatic nitrogens is 2. The van der Waals surface area contributed by atoms with E-state index in [2.05, 4.69) is 31.2 Å². The second-order valence-electron chi connectivity index (χ2n) is 7.93. The smallest absolute Gasteiger partial charge is 0.275 e. The molecule has 0 amide bonds. The van der Waals surface area contributed by atoms with E-state index in [1.165, 1.54) is 16.9 Å². The van der Waals surface area contributed by atoms with Crippen LogP contribution in [0.3, 0.4) is 0 Å². The zero-order valence-electron chi connectivity index (χ0n) is 17.4. The van der Waals surface area contributed by atoms with Gasteiger partial charge in [-0.2, -0.15) is 0 Å². The molecule has 3 aromatic heterocycles. The van der Waals surface area contributed by atoms with Crippen molar-refractivity contribution in [3.63, 3.8) is 0 Å². The van der Waals surface area contributed by atoms with E-state index < -0.39 is 0 Å². The number of fused-ring (bicyclic) bond motifs is 4. The van der Waals surface area contributed by atoms with E-state index in [4.69, 9.17) is 10.7 Å². The Labute approximate surface area is 188 Å². The number of thiophene rings is 1. The van der Waals surface area contributed by atoms with Gasteiger partial charge in [-0.1, -0.05) is 66.2 Å². The van der Waals surface area contributed by atoms with E-state index in [0.29, 0.717) is 10.6 Å². The molecule has 3 heterocycles. The standard InChI is InChI=1S/C27H19N3OS/c1-16-10-12-17(13-11-16)21-15-14-20-24(28)25(32-26(20)29-21)27(31)30-22-8-4-2-6-18(22)19-7-3-5-9-23(19)30/h2-15H,28H2,1H3. The number of nitrogens with two attached hydrogens (primary N) is 1. The zero-order chi connectivity index (χ0) is 21.8. The molecular weight excluding hydrogens is 414 g/mol. The average Bonchev–Trinajstić information content (AvgIpc) is 3.34. The quantitative estimate of drug-likeness (QED) is 0.332. The van der Waals surface area contributed by atoms with Crippen LogP contribution in [0.1, 0.15) is 15.2 Å². The molecule has 5 heteroatoms. The molecule has 32 heavy (non-hydrogen) atoms. The van der Waals surface area contributed by atoms with Crippen molar-refractivity contribution in [3.8, 4) is 11.3 Å². The van der Waals surface area contributed by atoms with Crippen LogP contribution in [0.15, 0.2) is 84.9 Å². The van der Waals surface area contributed by atoms with Gasteiger partial charge < -0.3 is 5.73 Å². The Hall–Kier alpha value is -3.96. The monoisotopic (exact) mass is 433 g/mol. The van der Waals surface area contributed by atoms with Crippen molar-refractivity contribution in [2.24, 2.45) is 0 Å². The highest BCUT2D eigenvalue weighted by molar-refractivity contribution is 7.21. The number of aryl methyl sites for hydroxylation is 1. The van der Waals surface area contributed by atoms with E-state index in [1.54, 1.807) is 4.57 Å². The predicted molar refractivity (Wildman–Crippen MR) is 133 cm³/mol. The lowest BCUT2D eigenvalue weighted by atomic mass is 10.1. The Morgan fingerprint density at radius 2 is 1.44 bits per heavy atom. The molecule has 2 N–H and O–H groups in total. The Morgan fingerprint density at radius 1 is 0.812 bits per heavy atom. The number of nitrogens with zero attached hydrogens (tertiary/aromatic N) is 2. The fourth-order valence-corrected chi connectivity index (χ4v) is 5.31. The molecule has 6 rings (SSSR count). The maximum Gasteiger partial charge on any atom is 0.275 e. The molecule has 0 aliphatic carbocycles. The highest BCUT2D eigenvalue weighted by Gasteiger charge is 2.23. The lowest BCUT2D eigenvalue weighted by molar-refractivity contribution is 0.0974. The molecule has 6 aromatic rings. The molecule has 0 bridgehead atoms. The van der Waals surface area contributed by atoms with Gasteiger partial charge in [0, 0.05) is 21.7 Å². The van der Waals surface area contributed by atoms with E-state index in [1.807, 2.05) is 60.7 Å². The summed E-state index contributed by atoms with van der Waals surface area (Å²) in [5.74, 6) is -0.125. The van der Waals surface area contributed by atoms with Crippen LogP contribution in [0.2, 0.25) is 0 Å². The number of carbonyl (C=O) groups is 1. The van der Waals surface area contributed by atoms with Crippen LogP contribution < -0.4 is 5.73 Å². The first-order chi connectivity index (χ1) is 15.6. The van der Waals surface area contributed by atoms with Crippen LogP contribution >= 0.6 is 11.3 Å². The van der Waals surface area contributed by atoms with E-state index in [9.17, 15) is 4.79 Å². The van der Waals surface area contributed by atoms with Crippen LogP contribution in [0.4, 0.5) is 5.69 Å². The van der Waals surface area contributed by atoms with Gasteiger partial charge in [-0.25, -0.2) is 4.98 Å². The summed E-state index contributed by atoms with van der Waals surface area (Å²) in [5, 5.41) is 2.92. The minimum Gasteiger partial charge on any atom is -0.397 e. The fraction of sp³-hybridized carbons (Fsp3) is 0.0370. The van der Waals surface area contributed by atoms with Crippen molar-refractivity contribution >= 4 is 55.0 Å². The Kier molecular flexibility index (Phi) is 4.13. The summed E-state index contributed by atoms with van der Waals surface area (Å²) < 4.78 is 1.77. The van der Waals surface area contributed by atoms with Gasteiger partial charge in [-0.15, -0.1) is 11.3 Å². The molecule has 154 valence electrons. The average molecular weight is 434 g/mol. The third-order valence-corrected chi connectivity index (χ3v) is 7.02. The number of anilines is 1. The molecule has 0 fully saturated rings. The predicted octanol–water partition coefficient (Wildman–Crippen LogP) is 6.65. The zero-order valence-corrected chi connectivity index (χ0v) is 18.2. The summed E-state index contributed by atoms with van der Waals surface area (Å²) in [4.78, 5) is 19.9. The number of carbonyl (C=O) groups excluding carboxylic acids is 1. The molecule has 0 saturated carbocycles. The minimum atomic E-state index is -0.125. The normalized spacial score (nSPS) is 11.5. The lowest BCUT2D eigenvalue weighted by Gasteiger charge is -2.05. The Bertz CT molecular complexity index is 1600. The maximum atomic E-state index is 13.8. The summed E-state index contributed by atoms with van der Waals surface area (Å²) in [6, 6.07) is 28.1. The Balaban J connectivity index is 1.53. The number of pyridine rings is 1. The summed E-state index contributed by atoms with van der Waals surface area (Å²) in [6.07, 6.45) is 0. The number of hydrogen-bond acceptors (Lipinski definition) is 4. The van der Waals surface area contributed by atoms with E-state index in [-0.39, 0.29) is 5.91 Å². The van der Waals surface area contributed by atoms with Gasteiger partial charge in [0.1, 0.15) is 9.71 Å². The molecule has 0 spiro atoms. The van der Waals surface area contributed by atoms with E-state index >= 15 is 0 Å². The highest BCUT2D eigenvalue weighted by Crippen LogP contribution is 2.37. The molecule has 0 atom stereocenters. The largest absolute Gasteiger partial charge is 0.397 e. The van der Waals surface area contributed by atoms with Gasteiger partial charge in [0.15, 0.2) is 0 Å². The van der Waals surface area contributed by atoms with Crippen molar-refractivity contribution in [1.82, 2.24) is 9.55 Å². The number of para-hydroxylation sites is 2. The Morgan fingerprint density at radius 3 is 2.09 bits per heavy atom. The number of benzene rings is 3. The first-order valence-electron chi connectivity index (χ1n) is 10.4. The van der Waals surface area contributed by atoms with Crippen LogP contribution in [0.5, 0.6) is 0 Å². The van der Waals surface area contributed by atoms with Gasteiger partial charge in [0.05, 0.1) is 22.4 Å². The van der Waals surface area contributed by atoms with Crippen LogP contribution in [-0.4, -0.2) is 15.5 Å². The van der Waals surface area contributed by atoms with Crippen molar-refractivity contribution in [2.75, 3.05) is 5.73 Å². The molecule has 0 radical (unpaired) electrons. The van der Waals surface area contributed by atoms with Gasteiger partial charge in [0.2, 0.25) is 0 Å². The molecule has 3 aromatic carbocycles. The number of nitrogen functional groups attached to an aromatic ring is 1. The van der Waals surface area contributed by atoms with Gasteiger partial charge in [-0.05, 0) is 31.2 Å². The second kappa shape index (κ2) is 7.04. The van der Waals surface area contributed by atoms with Crippen LogP contribution in [0.25, 0.3) is 43.3 Å². The fourth-order valence-electron chi connectivity index (χ4n) is 4.28. The van der Waals surface area contributed by atoms with Crippen molar-refractivity contribution in [1.29, 1.82) is 0 Å². The van der Waals surface area contributed by atoms with Gasteiger partial charge >= 0.3 is 0 Å². The first-order valence-corrected chi connectivity index (χ1v) is 11.2. The summed E-state index contributed by atoms with van der Waals surface area (Å²) in [6.45, 7) is 2.06. The van der Waals surface area contributed by atoms with Crippen molar-refractivity contribution in [2.45, 2.75) is 6.92 Å². The molecule has 0 saturated heterocycles. The summed E-state index contributed by atoms with van der Waals surface area (Å²) in [7, 11) is 0. The lowest BCUT2D eigenvalue weighted by Crippen LogP contribution is -2.11. The van der Waals surface area contributed by atoms with Crippen LogP contribution in [0, 0.1) is 6.92 Å². The number of rotatable bonds is 2. The summed E-state index contributed by atoms with van der Waals surface area (Å²) in [5.41, 5.74) is 11.8. The van der Waals surface area contributed by atoms with E-state index in [0.717, 1.165) is 43.3 Å². The molecule has 0 aliphatic rings. The van der Waals surface area contributed by atoms with Crippen molar-refractivity contribution in [3.05, 3.63) is 95.4 Å². The third-order valence-electron chi connectivity index (χ3n) is 5.92. The van der Waals surface area contributed by atoms with Crippen molar-refractivity contribution < 1.29 is 4.79 Å². The highest BCUT2D eigenvalue weighted by atomic mass is 32.1. The van der Waals surface area contributed by atoms with Crippen LogP contribution in [-0.2, 0) is 0 Å². The second-order valence-corrected chi connectivity index (χ2v) is 8.93. The first kappa shape index (κ1) is 18.8. The third kappa shape index (κ3) is 2.75. The molecule has 0 aliphatic heterocycles. The number of hydrogen-bond donors (Lipinski definition) is 1. The molecule has 0 unspecified atom stereocenters. The molecular formula is C27H19N3OS. The minimum absolute atomic E-state index is 0.125. The summed E-state index contributed by atoms with van der Waals surface area (Å²) >= 11 is 1.35.